The van der Waals surface area contributed by atoms with Gasteiger partial charge < -0.3 is 19.5 Å². The van der Waals surface area contributed by atoms with Crippen molar-refractivity contribution in [1.29, 1.82) is 0 Å². The minimum Gasteiger partial charge on any atom is -0.475 e. The largest absolute Gasteiger partial charge is 0.490 e. The van der Waals surface area contributed by atoms with Crippen LogP contribution in [0.2, 0.25) is 0 Å². The molecule has 1 N–H and O–H groups in total. The Morgan fingerprint density at radius 1 is 1.32 bits per heavy atom. The van der Waals surface area contributed by atoms with Crippen molar-refractivity contribution in [3.05, 3.63) is 42.2 Å². The maximum atomic E-state index is 12.8. The molecule has 2 unspecified atom stereocenters. The first kappa shape index (κ1) is 25.6. The molecule has 2 aliphatic heterocycles. The van der Waals surface area contributed by atoms with Crippen LogP contribution in [-0.4, -0.2) is 80.2 Å². The number of nitrogens with zero attached hydrogens (tertiary/aromatic N) is 5. The van der Waals surface area contributed by atoms with E-state index in [1.54, 1.807) is 30.5 Å². The average molecular weight is 485 g/mol. The highest BCUT2D eigenvalue weighted by Gasteiger charge is 2.47. The van der Waals surface area contributed by atoms with Crippen LogP contribution >= 0.6 is 0 Å². The number of hydrogen-bond acceptors (Lipinski definition) is 7. The van der Waals surface area contributed by atoms with E-state index in [1.165, 1.54) is 0 Å². The normalized spacial score (nSPS) is 22.4. The van der Waals surface area contributed by atoms with Gasteiger partial charge in [-0.15, -0.1) is 5.10 Å². The molecular weight excluding hydrogens is 459 g/mol. The highest BCUT2D eigenvalue weighted by atomic mass is 19.4. The molecule has 2 fully saturated rings. The van der Waals surface area contributed by atoms with E-state index in [1.807, 2.05) is 17.0 Å². The molecule has 0 radical (unpaired) electrons. The number of pyridine rings is 1. The molecule has 34 heavy (non-hydrogen) atoms. The van der Waals surface area contributed by atoms with Crippen LogP contribution in [0.15, 0.2) is 30.9 Å². The van der Waals surface area contributed by atoms with Gasteiger partial charge in [0.25, 0.3) is 5.91 Å². The summed E-state index contributed by atoms with van der Waals surface area (Å²) in [6.45, 7) is 3.16. The van der Waals surface area contributed by atoms with Crippen molar-refractivity contribution < 1.29 is 37.3 Å². The predicted molar refractivity (Wildman–Crippen MR) is 111 cm³/mol. The summed E-state index contributed by atoms with van der Waals surface area (Å²) in [5.41, 5.74) is 0.921. The number of aromatic nitrogens is 4. The number of amides is 1. The van der Waals surface area contributed by atoms with Gasteiger partial charge in [-0.25, -0.2) is 9.78 Å². The molecule has 4 rings (SSSR count). The number of halogens is 3. The van der Waals surface area contributed by atoms with Gasteiger partial charge in [0.1, 0.15) is 6.33 Å². The van der Waals surface area contributed by atoms with Crippen LogP contribution < -0.4 is 0 Å². The third-order valence-electron chi connectivity index (χ3n) is 5.72. The summed E-state index contributed by atoms with van der Waals surface area (Å²) in [5.74, 6) is -2.62. The zero-order valence-corrected chi connectivity index (χ0v) is 18.6. The molecule has 2 atom stereocenters. The monoisotopic (exact) mass is 485 g/mol. The summed E-state index contributed by atoms with van der Waals surface area (Å²) < 4.78 is 45.4. The molecule has 2 aliphatic rings. The molecule has 1 amide bonds. The van der Waals surface area contributed by atoms with Crippen LogP contribution in [0.25, 0.3) is 0 Å². The molecule has 0 aliphatic carbocycles. The summed E-state index contributed by atoms with van der Waals surface area (Å²) in [6.07, 6.45) is 2.93. The molecule has 0 aromatic carbocycles. The molecule has 10 nitrogen and oxygen atoms in total. The molecule has 2 saturated heterocycles. The maximum absolute atomic E-state index is 12.8. The lowest BCUT2D eigenvalue weighted by atomic mass is 9.73. The number of carboxylic acids is 1. The third kappa shape index (κ3) is 6.50. The standard InChI is InChI=1S/C19H25N5O3.C2HF3O2/c1-23-14-21-17(22-23)18(25)24-9-5-16-19(12-24,6-2-10-27-16)13-26-11-15-3-7-20-8-4-15;3-2(4,5)1(6)7/h3-4,7-8,14,16H,2,5-6,9-13H2,1H3;(H,6,7). The number of alkyl halides is 3. The van der Waals surface area contributed by atoms with Gasteiger partial charge in [0, 0.05) is 44.6 Å². The minimum absolute atomic E-state index is 0.117. The molecule has 4 heterocycles. The Labute approximate surface area is 193 Å². The molecule has 0 spiro atoms. The number of aliphatic carboxylic acids is 1. The van der Waals surface area contributed by atoms with Crippen molar-refractivity contribution in [1.82, 2.24) is 24.6 Å². The van der Waals surface area contributed by atoms with Crippen molar-refractivity contribution in [3.63, 3.8) is 0 Å². The van der Waals surface area contributed by atoms with Gasteiger partial charge >= 0.3 is 12.1 Å². The highest BCUT2D eigenvalue weighted by Crippen LogP contribution is 2.40. The van der Waals surface area contributed by atoms with Gasteiger partial charge in [-0.05, 0) is 37.0 Å². The minimum atomic E-state index is -5.08. The number of carbonyl (C=O) groups is 2. The van der Waals surface area contributed by atoms with Crippen LogP contribution in [-0.2, 0) is 27.9 Å². The van der Waals surface area contributed by atoms with Crippen LogP contribution in [0, 0.1) is 5.41 Å². The van der Waals surface area contributed by atoms with E-state index in [4.69, 9.17) is 19.4 Å². The number of carbonyl (C=O) groups excluding carboxylic acids is 1. The summed E-state index contributed by atoms with van der Waals surface area (Å²) >= 11 is 0. The van der Waals surface area contributed by atoms with E-state index >= 15 is 0 Å². The third-order valence-corrected chi connectivity index (χ3v) is 5.72. The first-order chi connectivity index (χ1) is 16.1. The molecular formula is C21H26F3N5O5. The zero-order valence-electron chi connectivity index (χ0n) is 18.6. The second-order valence-electron chi connectivity index (χ2n) is 8.23. The Kier molecular flexibility index (Phi) is 8.20. The smallest absolute Gasteiger partial charge is 0.475 e. The van der Waals surface area contributed by atoms with Crippen LogP contribution in [0.3, 0.4) is 0 Å². The zero-order chi connectivity index (χ0) is 24.8. The second-order valence-corrected chi connectivity index (χ2v) is 8.23. The average Bonchev–Trinajstić information content (AvgIpc) is 3.25. The number of rotatable bonds is 5. The van der Waals surface area contributed by atoms with Gasteiger partial charge in [0.15, 0.2) is 0 Å². The fraction of sp³-hybridized carbons (Fsp3) is 0.571. The molecule has 2 aromatic rings. The summed E-state index contributed by atoms with van der Waals surface area (Å²) in [4.78, 5) is 31.7. The Balaban J connectivity index is 0.000000406. The summed E-state index contributed by atoms with van der Waals surface area (Å²) in [6, 6.07) is 3.91. The Hall–Kier alpha value is -3.06. The second kappa shape index (κ2) is 10.9. The fourth-order valence-corrected chi connectivity index (χ4v) is 4.10. The molecule has 0 saturated carbocycles. The molecule has 13 heteroatoms. The van der Waals surface area contributed by atoms with E-state index in [-0.39, 0.29) is 23.3 Å². The van der Waals surface area contributed by atoms with Crippen LogP contribution in [0.5, 0.6) is 0 Å². The first-order valence-electron chi connectivity index (χ1n) is 10.6. The Bertz CT molecular complexity index is 971. The summed E-state index contributed by atoms with van der Waals surface area (Å²) in [7, 11) is 1.76. The number of ether oxygens (including phenoxy) is 2. The number of aryl methyl sites for hydroxylation is 1. The Morgan fingerprint density at radius 2 is 2.03 bits per heavy atom. The van der Waals surface area contributed by atoms with Crippen molar-refractivity contribution in [3.8, 4) is 0 Å². The van der Waals surface area contributed by atoms with E-state index in [2.05, 4.69) is 15.1 Å². The highest BCUT2D eigenvalue weighted by molar-refractivity contribution is 5.90. The van der Waals surface area contributed by atoms with E-state index in [0.717, 1.165) is 31.4 Å². The number of hydrogen-bond donors (Lipinski definition) is 1. The number of carboxylic acid groups (broad SMARTS) is 1. The van der Waals surface area contributed by atoms with Gasteiger partial charge in [-0.1, -0.05) is 0 Å². The van der Waals surface area contributed by atoms with Crippen molar-refractivity contribution in [2.24, 2.45) is 12.5 Å². The topological polar surface area (TPSA) is 120 Å². The van der Waals surface area contributed by atoms with Crippen molar-refractivity contribution in [2.75, 3.05) is 26.3 Å². The predicted octanol–water partition coefficient (Wildman–Crippen LogP) is 2.07. The number of fused-ring (bicyclic) bond motifs is 1. The fourth-order valence-electron chi connectivity index (χ4n) is 4.10. The van der Waals surface area contributed by atoms with Gasteiger partial charge in [0.2, 0.25) is 5.82 Å². The Morgan fingerprint density at radius 3 is 2.65 bits per heavy atom. The molecule has 2 aromatic heterocycles. The van der Waals surface area contributed by atoms with Crippen molar-refractivity contribution in [2.45, 2.75) is 38.1 Å². The van der Waals surface area contributed by atoms with Crippen LogP contribution in [0.4, 0.5) is 13.2 Å². The lowest BCUT2D eigenvalue weighted by molar-refractivity contribution is -0.192. The first-order valence-corrected chi connectivity index (χ1v) is 10.6. The van der Waals surface area contributed by atoms with E-state index in [9.17, 15) is 18.0 Å². The van der Waals surface area contributed by atoms with E-state index < -0.39 is 12.1 Å². The number of piperidine rings is 1. The SMILES string of the molecule is Cn1cnc(C(=O)N2CCC3OCCCC3(COCc3ccncc3)C2)n1.O=C(O)C(F)(F)F. The summed E-state index contributed by atoms with van der Waals surface area (Å²) in [5, 5.41) is 11.3. The van der Waals surface area contributed by atoms with Gasteiger partial charge in [0.05, 0.1) is 19.3 Å². The lowest BCUT2D eigenvalue weighted by Gasteiger charge is -2.50. The van der Waals surface area contributed by atoms with Crippen molar-refractivity contribution >= 4 is 11.9 Å². The quantitative estimate of drug-likeness (QED) is 0.684. The van der Waals surface area contributed by atoms with Crippen LogP contribution in [0.1, 0.15) is 35.4 Å². The molecule has 0 bridgehead atoms. The van der Waals surface area contributed by atoms with E-state index in [0.29, 0.717) is 26.3 Å². The number of likely N-dealkylation sites (tertiary alicyclic amines) is 1. The van der Waals surface area contributed by atoms with Gasteiger partial charge in [-0.3, -0.25) is 14.5 Å². The molecule has 186 valence electrons. The van der Waals surface area contributed by atoms with Gasteiger partial charge in [-0.2, -0.15) is 13.2 Å². The maximum Gasteiger partial charge on any atom is 0.490 e. The lowest BCUT2D eigenvalue weighted by Crippen LogP contribution is -2.58.